The van der Waals surface area contributed by atoms with Gasteiger partial charge in [-0.2, -0.15) is 0 Å². The largest absolute Gasteiger partial charge is 0.346 e. The predicted octanol–water partition coefficient (Wildman–Crippen LogP) is -0.598. The summed E-state index contributed by atoms with van der Waals surface area (Å²) < 4.78 is 0.921. The van der Waals surface area contributed by atoms with Gasteiger partial charge in [0, 0.05) is 10.2 Å². The van der Waals surface area contributed by atoms with Crippen LogP contribution < -0.4 is 15.5 Å². The van der Waals surface area contributed by atoms with E-state index in [1.807, 2.05) is 24.3 Å². The number of piperazine rings is 1. The lowest BCUT2D eigenvalue weighted by atomic mass is 10.3. The van der Waals surface area contributed by atoms with E-state index in [9.17, 15) is 9.59 Å². The van der Waals surface area contributed by atoms with Crippen LogP contribution in [0.25, 0.3) is 0 Å². The van der Waals surface area contributed by atoms with Crippen molar-refractivity contribution in [3.05, 3.63) is 28.7 Å². The average molecular weight is 313 g/mol. The Bertz CT molecular complexity index is 464. The molecule has 2 rings (SSSR count). The summed E-state index contributed by atoms with van der Waals surface area (Å²) in [6.45, 7) is 2.11. The molecule has 5 nitrogen and oxygen atoms in total. The van der Waals surface area contributed by atoms with Crippen LogP contribution >= 0.6 is 15.9 Å². The van der Waals surface area contributed by atoms with E-state index in [0.717, 1.165) is 21.6 Å². The second kappa shape index (κ2) is 5.97. The number of hydrogen-bond acceptors (Lipinski definition) is 2. The fourth-order valence-electron chi connectivity index (χ4n) is 1.91. The smallest absolute Gasteiger partial charge is 0.279 e. The highest BCUT2D eigenvalue weighted by Crippen LogP contribution is 2.15. The zero-order valence-electron chi connectivity index (χ0n) is 9.83. The number of hydrogen-bond donors (Lipinski definition) is 3. The molecule has 1 aliphatic rings. The van der Waals surface area contributed by atoms with Crippen LogP contribution in [0.3, 0.4) is 0 Å². The maximum absolute atomic E-state index is 11.8. The summed E-state index contributed by atoms with van der Waals surface area (Å²) in [4.78, 5) is 24.0. The minimum Gasteiger partial charge on any atom is -0.346 e. The highest BCUT2D eigenvalue weighted by atomic mass is 79.9. The maximum atomic E-state index is 11.8. The van der Waals surface area contributed by atoms with E-state index in [-0.39, 0.29) is 11.8 Å². The van der Waals surface area contributed by atoms with Gasteiger partial charge in [-0.3, -0.25) is 9.59 Å². The van der Waals surface area contributed by atoms with E-state index in [1.54, 1.807) is 0 Å². The normalized spacial score (nSPS) is 19.2. The summed E-state index contributed by atoms with van der Waals surface area (Å²) in [5.41, 5.74) is 0.759. The first-order chi connectivity index (χ1) is 8.63. The topological polar surface area (TPSA) is 62.6 Å². The van der Waals surface area contributed by atoms with Crippen molar-refractivity contribution in [2.45, 2.75) is 0 Å². The van der Waals surface area contributed by atoms with Gasteiger partial charge in [0.2, 0.25) is 0 Å². The first kappa shape index (κ1) is 13.0. The van der Waals surface area contributed by atoms with Crippen LogP contribution in [0.1, 0.15) is 0 Å². The molecule has 0 saturated carbocycles. The molecule has 1 saturated heterocycles. The second-order valence-electron chi connectivity index (χ2n) is 4.26. The van der Waals surface area contributed by atoms with E-state index in [1.165, 1.54) is 0 Å². The lowest BCUT2D eigenvalue weighted by Crippen LogP contribution is -3.16. The Labute approximate surface area is 114 Å². The van der Waals surface area contributed by atoms with Gasteiger partial charge in [0.25, 0.3) is 11.8 Å². The third kappa shape index (κ3) is 3.82. The Morgan fingerprint density at radius 3 is 3.06 bits per heavy atom. The van der Waals surface area contributed by atoms with E-state index >= 15 is 0 Å². The average Bonchev–Trinajstić information content (AvgIpc) is 2.28. The van der Waals surface area contributed by atoms with Crippen molar-refractivity contribution in [3.8, 4) is 0 Å². The van der Waals surface area contributed by atoms with Gasteiger partial charge in [0.05, 0.1) is 13.1 Å². The zero-order chi connectivity index (χ0) is 13.0. The van der Waals surface area contributed by atoms with E-state index < -0.39 is 0 Å². The summed E-state index contributed by atoms with van der Waals surface area (Å²) in [6, 6.07) is 7.44. The van der Waals surface area contributed by atoms with Gasteiger partial charge in [0.15, 0.2) is 13.1 Å². The molecule has 1 aromatic carbocycles. The number of anilines is 1. The number of rotatable bonds is 3. The maximum Gasteiger partial charge on any atom is 0.279 e. The van der Waals surface area contributed by atoms with Gasteiger partial charge >= 0.3 is 0 Å². The van der Waals surface area contributed by atoms with Gasteiger partial charge in [0.1, 0.15) is 0 Å². The molecule has 0 bridgehead atoms. The molecule has 2 amide bonds. The molecule has 18 heavy (non-hydrogen) atoms. The molecule has 0 radical (unpaired) electrons. The van der Waals surface area contributed by atoms with Crippen LogP contribution in [0.2, 0.25) is 0 Å². The van der Waals surface area contributed by atoms with E-state index in [0.29, 0.717) is 19.6 Å². The summed E-state index contributed by atoms with van der Waals surface area (Å²) in [7, 11) is 0. The monoisotopic (exact) mass is 312 g/mol. The fraction of sp³-hybridized carbons (Fsp3) is 0.333. The first-order valence-electron chi connectivity index (χ1n) is 5.79. The number of nitrogens with one attached hydrogen (secondary N) is 3. The standard InChI is InChI=1S/C12H14BrN3O2/c13-9-2-1-3-10(6-9)15-12(18)8-16-5-4-14-11(17)7-16/h1-3,6H,4-5,7-8H2,(H,14,17)(H,15,18)/p+1. The predicted molar refractivity (Wildman–Crippen MR) is 71.3 cm³/mol. The molecule has 0 spiro atoms. The molecule has 1 atom stereocenters. The SMILES string of the molecule is O=C1C[NH+](CC(=O)Nc2cccc(Br)c2)CCN1. The van der Waals surface area contributed by atoms with Crippen LogP contribution in [0, 0.1) is 0 Å². The number of benzene rings is 1. The van der Waals surface area contributed by atoms with Gasteiger partial charge < -0.3 is 15.5 Å². The van der Waals surface area contributed by atoms with Gasteiger partial charge in [-0.05, 0) is 18.2 Å². The van der Waals surface area contributed by atoms with Crippen molar-refractivity contribution in [2.24, 2.45) is 0 Å². The summed E-state index contributed by atoms with van der Waals surface area (Å²) >= 11 is 3.35. The minimum absolute atomic E-state index is 0.00602. The third-order valence-corrected chi connectivity index (χ3v) is 3.22. The molecular formula is C12H15BrN3O2+. The lowest BCUT2D eigenvalue weighted by Gasteiger charge is -2.22. The highest BCUT2D eigenvalue weighted by molar-refractivity contribution is 9.10. The number of quaternary nitrogens is 1. The van der Waals surface area contributed by atoms with E-state index in [2.05, 4.69) is 26.6 Å². The van der Waals surface area contributed by atoms with Crippen molar-refractivity contribution in [2.75, 3.05) is 31.5 Å². The molecule has 0 aliphatic carbocycles. The highest BCUT2D eigenvalue weighted by Gasteiger charge is 2.21. The number of amides is 2. The van der Waals surface area contributed by atoms with Crippen LogP contribution in [-0.2, 0) is 9.59 Å². The summed E-state index contributed by atoms with van der Waals surface area (Å²) in [5, 5.41) is 5.57. The van der Waals surface area contributed by atoms with Gasteiger partial charge in [-0.1, -0.05) is 22.0 Å². The van der Waals surface area contributed by atoms with Crippen LogP contribution in [0.5, 0.6) is 0 Å². The van der Waals surface area contributed by atoms with Crippen molar-refractivity contribution < 1.29 is 14.5 Å². The number of carbonyl (C=O) groups excluding carboxylic acids is 2. The van der Waals surface area contributed by atoms with E-state index in [4.69, 9.17) is 0 Å². The Morgan fingerprint density at radius 2 is 2.33 bits per heavy atom. The van der Waals surface area contributed by atoms with Crippen LogP contribution in [0.4, 0.5) is 5.69 Å². The van der Waals surface area contributed by atoms with Crippen molar-refractivity contribution in [1.82, 2.24) is 5.32 Å². The van der Waals surface area contributed by atoms with Crippen molar-refractivity contribution >= 4 is 33.4 Å². The van der Waals surface area contributed by atoms with Gasteiger partial charge in [-0.25, -0.2) is 0 Å². The Balaban J connectivity index is 1.86. The van der Waals surface area contributed by atoms with Crippen LogP contribution in [-0.4, -0.2) is 38.0 Å². The molecule has 1 fully saturated rings. The summed E-state index contributed by atoms with van der Waals surface area (Å²) in [5.74, 6) is -0.0655. The minimum atomic E-state index is -0.0715. The molecular weight excluding hydrogens is 298 g/mol. The van der Waals surface area contributed by atoms with Gasteiger partial charge in [-0.15, -0.1) is 0 Å². The molecule has 6 heteroatoms. The second-order valence-corrected chi connectivity index (χ2v) is 5.18. The molecule has 1 heterocycles. The fourth-order valence-corrected chi connectivity index (χ4v) is 2.31. The molecule has 1 aliphatic heterocycles. The Hall–Kier alpha value is -1.40. The van der Waals surface area contributed by atoms with Crippen LogP contribution in [0.15, 0.2) is 28.7 Å². The first-order valence-corrected chi connectivity index (χ1v) is 6.58. The Kier molecular flexibility index (Phi) is 4.33. The molecule has 1 unspecified atom stereocenters. The van der Waals surface area contributed by atoms with Crippen molar-refractivity contribution in [3.63, 3.8) is 0 Å². The number of carbonyl (C=O) groups is 2. The van der Waals surface area contributed by atoms with Crippen molar-refractivity contribution in [1.29, 1.82) is 0 Å². The molecule has 1 aromatic rings. The molecule has 3 N–H and O–H groups in total. The quantitative estimate of drug-likeness (QED) is 0.698. The number of halogens is 1. The zero-order valence-corrected chi connectivity index (χ0v) is 11.4. The summed E-state index contributed by atoms with van der Waals surface area (Å²) in [6.07, 6.45) is 0. The third-order valence-electron chi connectivity index (χ3n) is 2.73. The molecule has 96 valence electrons. The lowest BCUT2D eigenvalue weighted by molar-refractivity contribution is -0.885. The Morgan fingerprint density at radius 1 is 1.50 bits per heavy atom. The molecule has 0 aromatic heterocycles.